The fraction of sp³-hybridized carbons (Fsp3) is 0.333. The van der Waals surface area contributed by atoms with E-state index in [-0.39, 0.29) is 0 Å². The summed E-state index contributed by atoms with van der Waals surface area (Å²) in [7, 11) is 0. The molecule has 1 aliphatic heterocycles. The molecule has 0 aliphatic carbocycles. The van der Waals surface area contributed by atoms with E-state index in [9.17, 15) is 13.2 Å². The second-order valence-corrected chi connectivity index (χ2v) is 5.09. The molecule has 0 unspecified atom stereocenters. The number of alkyl halides is 3. The minimum Gasteiger partial charge on any atom is -0.166 e. The Balaban J connectivity index is 0.000000276. The van der Waals surface area contributed by atoms with Crippen LogP contribution in [0.5, 0.6) is 0 Å². The number of hydrogen-bond donors (Lipinski definition) is 0. The zero-order chi connectivity index (χ0) is 10.6. The Kier molecular flexibility index (Phi) is 4.56. The van der Waals surface area contributed by atoms with Gasteiger partial charge in [-0.05, 0) is 46.9 Å². The molecular weight excluding hydrogens is 324 g/mol. The second-order valence-electron chi connectivity index (χ2n) is 2.62. The fourth-order valence-electron chi connectivity index (χ4n) is 0.639. The minimum atomic E-state index is -4.22. The molecule has 0 nitrogen and oxygen atoms in total. The summed E-state index contributed by atoms with van der Waals surface area (Å²) >= 11 is 3.96. The van der Waals surface area contributed by atoms with Gasteiger partial charge >= 0.3 is 6.18 Å². The smallest absolute Gasteiger partial charge is 0.166 e. The number of halogens is 4. The maximum Gasteiger partial charge on any atom is 0.416 e. The molecule has 1 heterocycles. The standard InChI is InChI=1S/C7H4F3I.C2H4S/c8-7(9,10)5-1-3-6(11)4-2-5;1-2-3-1/h1-4H;1-2H2. The Bertz CT molecular complexity index is 276. The van der Waals surface area contributed by atoms with Crippen LogP contribution in [0.25, 0.3) is 0 Å². The first-order valence-corrected chi connectivity index (χ1v) is 6.14. The van der Waals surface area contributed by atoms with Crippen molar-refractivity contribution in [3.8, 4) is 0 Å². The molecule has 5 heteroatoms. The first kappa shape index (κ1) is 12.2. The summed E-state index contributed by atoms with van der Waals surface area (Å²) in [5, 5.41) is 0. The quantitative estimate of drug-likeness (QED) is 0.510. The summed E-state index contributed by atoms with van der Waals surface area (Å²) in [6.45, 7) is 0. The third-order valence-electron chi connectivity index (χ3n) is 1.38. The molecule has 0 aromatic heterocycles. The molecule has 2 rings (SSSR count). The highest BCUT2D eigenvalue weighted by Gasteiger charge is 2.29. The van der Waals surface area contributed by atoms with Crippen molar-refractivity contribution in [2.75, 3.05) is 11.5 Å². The van der Waals surface area contributed by atoms with E-state index in [0.717, 1.165) is 15.7 Å². The van der Waals surface area contributed by atoms with Gasteiger partial charge in [0.15, 0.2) is 0 Å². The largest absolute Gasteiger partial charge is 0.416 e. The van der Waals surface area contributed by atoms with Crippen molar-refractivity contribution in [1.29, 1.82) is 0 Å². The Labute approximate surface area is 98.4 Å². The summed E-state index contributed by atoms with van der Waals surface area (Å²) in [4.78, 5) is 0. The molecule has 0 N–H and O–H groups in total. The van der Waals surface area contributed by atoms with Gasteiger partial charge in [0, 0.05) is 15.1 Å². The van der Waals surface area contributed by atoms with Crippen molar-refractivity contribution < 1.29 is 13.2 Å². The van der Waals surface area contributed by atoms with Crippen molar-refractivity contribution in [3.63, 3.8) is 0 Å². The molecule has 0 bridgehead atoms. The third kappa shape index (κ3) is 5.09. The Morgan fingerprint density at radius 3 is 1.79 bits per heavy atom. The van der Waals surface area contributed by atoms with Gasteiger partial charge in [-0.2, -0.15) is 24.9 Å². The van der Waals surface area contributed by atoms with Gasteiger partial charge in [-0.15, -0.1) is 0 Å². The van der Waals surface area contributed by atoms with Gasteiger partial charge in [0.25, 0.3) is 0 Å². The van der Waals surface area contributed by atoms with Crippen LogP contribution in [-0.2, 0) is 6.18 Å². The van der Waals surface area contributed by atoms with Crippen LogP contribution in [0.15, 0.2) is 24.3 Å². The molecule has 0 amide bonds. The normalized spacial score (nSPS) is 14.3. The van der Waals surface area contributed by atoms with Gasteiger partial charge in [-0.1, -0.05) is 0 Å². The van der Waals surface area contributed by atoms with Gasteiger partial charge in [0.2, 0.25) is 0 Å². The van der Waals surface area contributed by atoms with Gasteiger partial charge in [0.1, 0.15) is 0 Å². The number of hydrogen-bond acceptors (Lipinski definition) is 1. The highest BCUT2D eigenvalue weighted by atomic mass is 127. The van der Waals surface area contributed by atoms with E-state index in [4.69, 9.17) is 0 Å². The predicted octanol–water partition coefficient (Wildman–Crippen LogP) is 4.04. The number of benzene rings is 1. The summed E-state index contributed by atoms with van der Waals surface area (Å²) in [6, 6.07) is 5.01. The van der Waals surface area contributed by atoms with E-state index in [2.05, 4.69) is 0 Å². The molecule has 1 aliphatic rings. The highest BCUT2D eigenvalue weighted by Crippen LogP contribution is 2.29. The van der Waals surface area contributed by atoms with Gasteiger partial charge in [0.05, 0.1) is 5.56 Å². The topological polar surface area (TPSA) is 0 Å². The average Bonchev–Trinajstić information content (AvgIpc) is 2.88. The third-order valence-corrected chi connectivity index (χ3v) is 2.50. The van der Waals surface area contributed by atoms with E-state index in [0.29, 0.717) is 0 Å². The van der Waals surface area contributed by atoms with Crippen molar-refractivity contribution >= 4 is 34.4 Å². The lowest BCUT2D eigenvalue weighted by molar-refractivity contribution is -0.137. The maximum absolute atomic E-state index is 11.9. The molecule has 0 spiro atoms. The van der Waals surface area contributed by atoms with E-state index in [1.54, 1.807) is 0 Å². The van der Waals surface area contributed by atoms with Crippen molar-refractivity contribution in [2.45, 2.75) is 6.18 Å². The fourth-order valence-corrected chi connectivity index (χ4v) is 0.998. The van der Waals surface area contributed by atoms with E-state index >= 15 is 0 Å². The van der Waals surface area contributed by atoms with Crippen LogP contribution in [0.4, 0.5) is 13.2 Å². The summed E-state index contributed by atoms with van der Waals surface area (Å²) in [6.07, 6.45) is -4.22. The van der Waals surface area contributed by atoms with Crippen molar-refractivity contribution in [2.24, 2.45) is 0 Å². The number of thioether (sulfide) groups is 1. The Morgan fingerprint density at radius 2 is 1.50 bits per heavy atom. The molecule has 1 saturated heterocycles. The molecular formula is C9H8F3IS. The zero-order valence-corrected chi connectivity index (χ0v) is 10.1. The number of rotatable bonds is 0. The molecule has 0 atom stereocenters. The lowest BCUT2D eigenvalue weighted by Gasteiger charge is -2.04. The van der Waals surface area contributed by atoms with Crippen molar-refractivity contribution in [3.05, 3.63) is 33.4 Å². The molecule has 78 valence electrons. The minimum absolute atomic E-state index is 0.599. The molecule has 1 aromatic carbocycles. The van der Waals surface area contributed by atoms with Crippen molar-refractivity contribution in [1.82, 2.24) is 0 Å². The van der Waals surface area contributed by atoms with E-state index in [1.807, 2.05) is 34.4 Å². The molecule has 1 aromatic rings. The Hall–Kier alpha value is 0.0900. The predicted molar refractivity (Wildman–Crippen MR) is 61.5 cm³/mol. The summed E-state index contributed by atoms with van der Waals surface area (Å²) < 4.78 is 36.6. The molecule has 14 heavy (non-hydrogen) atoms. The van der Waals surface area contributed by atoms with Crippen LogP contribution >= 0.6 is 34.4 Å². The van der Waals surface area contributed by atoms with E-state index in [1.165, 1.54) is 23.6 Å². The first-order valence-electron chi connectivity index (χ1n) is 3.90. The highest BCUT2D eigenvalue weighted by molar-refractivity contribution is 14.1. The van der Waals surface area contributed by atoms with Crippen LogP contribution in [0.3, 0.4) is 0 Å². The summed E-state index contributed by atoms with van der Waals surface area (Å²) in [5.74, 6) is 2.83. The zero-order valence-electron chi connectivity index (χ0n) is 7.14. The molecule has 0 saturated carbocycles. The first-order chi connectivity index (χ1) is 6.50. The monoisotopic (exact) mass is 332 g/mol. The van der Waals surface area contributed by atoms with Crippen LogP contribution < -0.4 is 0 Å². The van der Waals surface area contributed by atoms with E-state index < -0.39 is 11.7 Å². The van der Waals surface area contributed by atoms with Gasteiger partial charge < -0.3 is 0 Å². The molecule has 1 fully saturated rings. The lowest BCUT2D eigenvalue weighted by atomic mass is 10.2. The maximum atomic E-state index is 11.9. The SMILES string of the molecule is C1CS1.FC(F)(F)c1ccc(I)cc1. The van der Waals surface area contributed by atoms with Gasteiger partial charge in [-0.3, -0.25) is 0 Å². The van der Waals surface area contributed by atoms with Crippen LogP contribution in [0.2, 0.25) is 0 Å². The van der Waals surface area contributed by atoms with Crippen LogP contribution in [0, 0.1) is 3.57 Å². The van der Waals surface area contributed by atoms with Crippen LogP contribution in [0.1, 0.15) is 5.56 Å². The molecule has 0 radical (unpaired) electrons. The van der Waals surface area contributed by atoms with Gasteiger partial charge in [-0.25, -0.2) is 0 Å². The average molecular weight is 332 g/mol. The lowest BCUT2D eigenvalue weighted by Crippen LogP contribution is -2.03. The second kappa shape index (κ2) is 5.25. The van der Waals surface area contributed by atoms with Crippen LogP contribution in [-0.4, -0.2) is 11.5 Å². The summed E-state index contributed by atoms with van der Waals surface area (Å²) in [5.41, 5.74) is -0.599. The Morgan fingerprint density at radius 1 is 1.07 bits per heavy atom.